The number of amides is 2. The number of nitrogens with two attached hydrogens (primary N) is 1. The average Bonchev–Trinajstić information content (AvgIpc) is 3.35. The minimum atomic E-state index is 0.136. The molecule has 9 nitrogen and oxygen atoms in total. The quantitative estimate of drug-likeness (QED) is 0.420. The van der Waals surface area contributed by atoms with Crippen molar-refractivity contribution in [1.82, 2.24) is 29.5 Å². The third kappa shape index (κ3) is 4.69. The topological polar surface area (TPSA) is 102 Å². The van der Waals surface area contributed by atoms with E-state index in [1.54, 1.807) is 0 Å². The fourth-order valence-corrected chi connectivity index (χ4v) is 5.34. The van der Waals surface area contributed by atoms with Crippen LogP contribution in [0.1, 0.15) is 38.1 Å². The van der Waals surface area contributed by atoms with E-state index in [4.69, 9.17) is 15.6 Å². The van der Waals surface area contributed by atoms with Crippen molar-refractivity contribution in [3.63, 3.8) is 0 Å². The highest BCUT2D eigenvalue weighted by molar-refractivity contribution is 5.98. The summed E-state index contributed by atoms with van der Waals surface area (Å²) in [5.74, 6) is 1.94. The zero-order valence-electron chi connectivity index (χ0n) is 20.8. The molecule has 0 spiro atoms. The molecule has 37 heavy (non-hydrogen) atoms. The summed E-state index contributed by atoms with van der Waals surface area (Å²) in [7, 11) is 0. The van der Waals surface area contributed by atoms with Gasteiger partial charge in [0.2, 0.25) is 0 Å². The van der Waals surface area contributed by atoms with Crippen molar-refractivity contribution >= 4 is 22.9 Å². The third-order valence-corrected chi connectivity index (χ3v) is 7.33. The number of anilines is 1. The molecule has 2 fully saturated rings. The van der Waals surface area contributed by atoms with Crippen LogP contribution in [-0.2, 0) is 0 Å². The normalized spacial score (nSPS) is 16.8. The average molecular weight is 498 g/mol. The van der Waals surface area contributed by atoms with Gasteiger partial charge in [-0.05, 0) is 68.5 Å². The fraction of sp³-hybridized carbons (Fsp3) is 0.357. The molecule has 0 atom stereocenters. The molecule has 2 aliphatic rings. The van der Waals surface area contributed by atoms with Crippen molar-refractivity contribution in [2.75, 3.05) is 31.9 Å². The zero-order chi connectivity index (χ0) is 25.2. The second-order valence-corrected chi connectivity index (χ2v) is 9.74. The van der Waals surface area contributed by atoms with Gasteiger partial charge < -0.3 is 20.3 Å². The number of para-hydroxylation sites is 1. The number of ether oxygens (including phenoxy) is 1. The Bertz CT molecular complexity index is 1370. The van der Waals surface area contributed by atoms with E-state index in [9.17, 15) is 4.79 Å². The molecule has 0 radical (unpaired) electrons. The van der Waals surface area contributed by atoms with Crippen molar-refractivity contribution < 1.29 is 9.53 Å². The van der Waals surface area contributed by atoms with Crippen molar-refractivity contribution in [1.29, 1.82) is 0 Å². The largest absolute Gasteiger partial charge is 0.457 e. The van der Waals surface area contributed by atoms with Crippen molar-refractivity contribution in [2.45, 2.75) is 38.1 Å². The number of nitrogens with zero attached hydrogens (tertiary/aromatic N) is 6. The van der Waals surface area contributed by atoms with Gasteiger partial charge in [-0.15, -0.1) is 0 Å². The predicted octanol–water partition coefficient (Wildman–Crippen LogP) is 5.11. The number of aromatic nitrogens is 4. The summed E-state index contributed by atoms with van der Waals surface area (Å²) in [5, 5.41) is 5.75. The summed E-state index contributed by atoms with van der Waals surface area (Å²) < 4.78 is 7.93. The molecule has 6 rings (SSSR count). The highest BCUT2D eigenvalue weighted by Crippen LogP contribution is 2.35. The SMILES string of the molecule is Nc1ncnc2c1c(-c1ccc(Oc3ccccc3)cc1)nn2C1CCN(C(=O)N2CCCCC2)CC1. The zero-order valence-corrected chi connectivity index (χ0v) is 20.8. The molecule has 0 unspecified atom stereocenters. The summed E-state index contributed by atoms with van der Waals surface area (Å²) in [5.41, 5.74) is 8.73. The van der Waals surface area contributed by atoms with Crippen molar-refractivity contribution in [3.8, 4) is 22.8 Å². The molecule has 0 saturated carbocycles. The van der Waals surface area contributed by atoms with Crippen molar-refractivity contribution in [2.24, 2.45) is 0 Å². The van der Waals surface area contributed by atoms with Gasteiger partial charge in [0.1, 0.15) is 29.3 Å². The van der Waals surface area contributed by atoms with E-state index < -0.39 is 0 Å². The van der Waals surface area contributed by atoms with Crippen LogP contribution < -0.4 is 10.5 Å². The van der Waals surface area contributed by atoms with Gasteiger partial charge in [-0.2, -0.15) is 5.10 Å². The van der Waals surface area contributed by atoms with Crippen LogP contribution in [0.2, 0.25) is 0 Å². The van der Waals surface area contributed by atoms with Crippen LogP contribution >= 0.6 is 0 Å². The maximum atomic E-state index is 13.0. The molecular formula is C28H31N7O2. The van der Waals surface area contributed by atoms with E-state index in [1.165, 1.54) is 12.7 Å². The lowest BCUT2D eigenvalue weighted by molar-refractivity contribution is 0.125. The van der Waals surface area contributed by atoms with Crippen LogP contribution in [-0.4, -0.2) is 61.8 Å². The first-order valence-electron chi connectivity index (χ1n) is 13.0. The first-order chi connectivity index (χ1) is 18.2. The molecule has 2 aromatic heterocycles. The molecule has 4 aromatic rings. The number of fused-ring (bicyclic) bond motifs is 1. The van der Waals surface area contributed by atoms with Crippen LogP contribution in [0.4, 0.5) is 10.6 Å². The molecule has 2 aromatic carbocycles. The molecule has 2 N–H and O–H groups in total. The van der Waals surface area contributed by atoms with E-state index in [1.807, 2.05) is 69.1 Å². The Labute approximate surface area is 215 Å². The smallest absolute Gasteiger partial charge is 0.319 e. The third-order valence-electron chi connectivity index (χ3n) is 7.33. The fourth-order valence-electron chi connectivity index (χ4n) is 5.34. The Balaban J connectivity index is 1.23. The number of urea groups is 1. The number of likely N-dealkylation sites (tertiary alicyclic amines) is 2. The van der Waals surface area contributed by atoms with E-state index in [0.717, 1.165) is 72.6 Å². The maximum Gasteiger partial charge on any atom is 0.319 e. The van der Waals surface area contributed by atoms with Gasteiger partial charge in [0, 0.05) is 31.7 Å². The van der Waals surface area contributed by atoms with Crippen LogP contribution in [0, 0.1) is 0 Å². The van der Waals surface area contributed by atoms with Crippen molar-refractivity contribution in [3.05, 3.63) is 60.9 Å². The second kappa shape index (κ2) is 10.1. The second-order valence-electron chi connectivity index (χ2n) is 9.74. The van der Waals surface area contributed by atoms with Gasteiger partial charge in [0.15, 0.2) is 5.65 Å². The van der Waals surface area contributed by atoms with Gasteiger partial charge in [0.25, 0.3) is 0 Å². The number of nitrogen functional groups attached to an aromatic ring is 1. The summed E-state index contributed by atoms with van der Waals surface area (Å²) in [4.78, 5) is 25.8. The lowest BCUT2D eigenvalue weighted by Gasteiger charge is -2.37. The number of piperidine rings is 2. The van der Waals surface area contributed by atoms with Gasteiger partial charge in [0.05, 0.1) is 11.4 Å². The maximum absolute atomic E-state index is 13.0. The molecule has 2 aliphatic heterocycles. The Morgan fingerprint density at radius 2 is 1.51 bits per heavy atom. The molecule has 190 valence electrons. The molecule has 4 heterocycles. The standard InChI is InChI=1S/C28H31N7O2/c29-26-24-25(20-9-11-23(12-10-20)37-22-7-3-1-4-8-22)32-35(27(24)31-19-30-26)21-13-17-34(18-14-21)28(36)33-15-5-2-6-16-33/h1,3-4,7-12,19,21H,2,5-6,13-18H2,(H2,29,30,31). The highest BCUT2D eigenvalue weighted by atomic mass is 16.5. The molecule has 0 aliphatic carbocycles. The van der Waals surface area contributed by atoms with E-state index in [-0.39, 0.29) is 12.1 Å². The summed E-state index contributed by atoms with van der Waals surface area (Å²) in [6.45, 7) is 3.17. The van der Waals surface area contributed by atoms with Crippen LogP contribution in [0.25, 0.3) is 22.3 Å². The lowest BCUT2D eigenvalue weighted by atomic mass is 10.1. The van der Waals surface area contributed by atoms with Crippen LogP contribution in [0.3, 0.4) is 0 Å². The van der Waals surface area contributed by atoms with Gasteiger partial charge in [-0.1, -0.05) is 18.2 Å². The first kappa shape index (κ1) is 23.3. The van der Waals surface area contributed by atoms with Gasteiger partial charge in [-0.25, -0.2) is 19.4 Å². The lowest BCUT2D eigenvalue weighted by Crippen LogP contribution is -2.48. The molecular weight excluding hydrogens is 466 g/mol. The monoisotopic (exact) mass is 497 g/mol. The minimum Gasteiger partial charge on any atom is -0.457 e. The van der Waals surface area contributed by atoms with Crippen LogP contribution in [0.15, 0.2) is 60.9 Å². The highest BCUT2D eigenvalue weighted by Gasteiger charge is 2.30. The Morgan fingerprint density at radius 3 is 2.24 bits per heavy atom. The Hall–Kier alpha value is -4.14. The summed E-state index contributed by atoms with van der Waals surface area (Å²) in [6.07, 6.45) is 6.56. The van der Waals surface area contributed by atoms with E-state index in [0.29, 0.717) is 18.9 Å². The number of carbonyl (C=O) groups excluding carboxylic acids is 1. The van der Waals surface area contributed by atoms with E-state index in [2.05, 4.69) is 9.97 Å². The summed E-state index contributed by atoms with van der Waals surface area (Å²) >= 11 is 0. The minimum absolute atomic E-state index is 0.136. The van der Waals surface area contributed by atoms with Gasteiger partial charge >= 0.3 is 6.03 Å². The Morgan fingerprint density at radius 1 is 0.838 bits per heavy atom. The molecule has 2 saturated heterocycles. The van der Waals surface area contributed by atoms with Gasteiger partial charge in [-0.3, -0.25) is 0 Å². The predicted molar refractivity (Wildman–Crippen MR) is 142 cm³/mol. The summed E-state index contributed by atoms with van der Waals surface area (Å²) in [6, 6.07) is 17.8. The number of hydrogen-bond donors (Lipinski definition) is 1. The number of carbonyl (C=O) groups is 1. The Kier molecular flexibility index (Phi) is 6.34. The number of rotatable bonds is 4. The molecule has 2 amide bonds. The number of benzene rings is 2. The molecule has 9 heteroatoms. The molecule has 0 bridgehead atoms. The van der Waals surface area contributed by atoms with E-state index >= 15 is 0 Å². The van der Waals surface area contributed by atoms with Crippen LogP contribution in [0.5, 0.6) is 11.5 Å². The number of hydrogen-bond acceptors (Lipinski definition) is 6. The first-order valence-corrected chi connectivity index (χ1v) is 13.0.